The number of hydrogen-bond acceptors (Lipinski definition) is 3. The fraction of sp³-hybridized carbons (Fsp3) is 0.480. The van der Waals surface area contributed by atoms with Crippen molar-refractivity contribution in [3.8, 4) is 5.75 Å². The summed E-state index contributed by atoms with van der Waals surface area (Å²) in [4.78, 5) is 16.8. The van der Waals surface area contributed by atoms with Crippen molar-refractivity contribution in [2.45, 2.75) is 45.1 Å². The van der Waals surface area contributed by atoms with Crippen LogP contribution in [0.3, 0.4) is 0 Å². The summed E-state index contributed by atoms with van der Waals surface area (Å²) in [5, 5.41) is 0.634. The second kappa shape index (κ2) is 10.3. The van der Waals surface area contributed by atoms with Crippen molar-refractivity contribution in [1.29, 1.82) is 0 Å². The molecule has 2 heterocycles. The number of benzene rings is 2. The van der Waals surface area contributed by atoms with E-state index in [1.165, 1.54) is 43.5 Å². The quantitative estimate of drug-likeness (QED) is 0.607. The number of amides is 1. The van der Waals surface area contributed by atoms with E-state index in [4.69, 9.17) is 16.3 Å². The summed E-state index contributed by atoms with van der Waals surface area (Å²) in [6, 6.07) is 16.1. The smallest absolute Gasteiger partial charge is 0.410 e. The lowest BCUT2D eigenvalue weighted by molar-refractivity contribution is 0.131. The summed E-state index contributed by atoms with van der Waals surface area (Å²) in [5.74, 6) is 1.16. The maximum absolute atomic E-state index is 12.4. The summed E-state index contributed by atoms with van der Waals surface area (Å²) in [6.45, 7) is 5.06. The zero-order chi connectivity index (χ0) is 20.8. The highest BCUT2D eigenvalue weighted by molar-refractivity contribution is 6.30. The van der Waals surface area contributed by atoms with Crippen molar-refractivity contribution in [3.05, 3.63) is 64.7 Å². The number of ether oxygens (including phenoxy) is 1. The summed E-state index contributed by atoms with van der Waals surface area (Å²) in [6.07, 6.45) is 6.92. The predicted molar refractivity (Wildman–Crippen MR) is 121 cm³/mol. The zero-order valence-corrected chi connectivity index (χ0v) is 18.3. The average Bonchev–Trinajstić information content (AvgIpc) is 2.78. The minimum atomic E-state index is -0.266. The normalized spacial score (nSPS) is 18.4. The van der Waals surface area contributed by atoms with E-state index in [0.717, 1.165) is 38.9 Å². The molecule has 0 bridgehead atoms. The standard InChI is InChI=1S/C25H31ClN2O2/c26-23-8-10-24(11-9-23)30-25(29)28-16-12-21(13-17-28)18-20-4-6-22(7-5-20)19-27-14-2-1-3-15-27/h4-11,21H,1-3,12-19H2. The van der Waals surface area contributed by atoms with Crippen LogP contribution in [0.5, 0.6) is 5.75 Å². The van der Waals surface area contributed by atoms with Crippen LogP contribution < -0.4 is 4.74 Å². The molecule has 0 aromatic heterocycles. The Kier molecular flexibility index (Phi) is 7.29. The van der Waals surface area contributed by atoms with Gasteiger partial charge in [-0.1, -0.05) is 42.3 Å². The molecule has 0 spiro atoms. The molecule has 2 aliphatic rings. The highest BCUT2D eigenvalue weighted by Crippen LogP contribution is 2.24. The Hall–Kier alpha value is -2.04. The number of likely N-dealkylation sites (tertiary alicyclic amines) is 2. The number of piperidine rings is 2. The van der Waals surface area contributed by atoms with Gasteiger partial charge in [0.25, 0.3) is 0 Å². The fourth-order valence-corrected chi connectivity index (χ4v) is 4.60. The molecule has 2 saturated heterocycles. The molecule has 2 fully saturated rings. The molecule has 0 N–H and O–H groups in total. The summed E-state index contributed by atoms with van der Waals surface area (Å²) < 4.78 is 5.46. The first-order chi connectivity index (χ1) is 14.7. The van der Waals surface area contributed by atoms with Crippen molar-refractivity contribution in [1.82, 2.24) is 9.80 Å². The number of carbonyl (C=O) groups excluding carboxylic acids is 1. The summed E-state index contributed by atoms with van der Waals surface area (Å²) in [7, 11) is 0. The number of rotatable bonds is 5. The molecule has 4 nitrogen and oxygen atoms in total. The molecule has 0 saturated carbocycles. The second-order valence-corrected chi connectivity index (χ2v) is 9.05. The molecule has 0 radical (unpaired) electrons. The highest BCUT2D eigenvalue weighted by Gasteiger charge is 2.24. The lowest BCUT2D eigenvalue weighted by atomic mass is 9.90. The molecule has 5 heteroatoms. The molecule has 30 heavy (non-hydrogen) atoms. The topological polar surface area (TPSA) is 32.8 Å². The van der Waals surface area contributed by atoms with E-state index < -0.39 is 0 Å². The lowest BCUT2D eigenvalue weighted by Gasteiger charge is -2.31. The van der Waals surface area contributed by atoms with Gasteiger partial charge in [-0.15, -0.1) is 0 Å². The highest BCUT2D eigenvalue weighted by atomic mass is 35.5. The van der Waals surface area contributed by atoms with Crippen molar-refractivity contribution < 1.29 is 9.53 Å². The average molecular weight is 427 g/mol. The summed E-state index contributed by atoms with van der Waals surface area (Å²) in [5.41, 5.74) is 2.82. The lowest BCUT2D eigenvalue weighted by Crippen LogP contribution is -2.40. The molecule has 160 valence electrons. The van der Waals surface area contributed by atoms with Crippen molar-refractivity contribution >= 4 is 17.7 Å². The minimum absolute atomic E-state index is 0.266. The monoisotopic (exact) mass is 426 g/mol. The van der Waals surface area contributed by atoms with Gasteiger partial charge < -0.3 is 9.64 Å². The maximum atomic E-state index is 12.4. The van der Waals surface area contributed by atoms with Crippen molar-refractivity contribution in [2.75, 3.05) is 26.2 Å². The first kappa shape index (κ1) is 21.2. The van der Waals surface area contributed by atoms with Crippen LogP contribution >= 0.6 is 11.6 Å². The van der Waals surface area contributed by atoms with Crippen LogP contribution in [0.2, 0.25) is 5.02 Å². The van der Waals surface area contributed by atoms with Gasteiger partial charge >= 0.3 is 6.09 Å². The second-order valence-electron chi connectivity index (χ2n) is 8.61. The Balaban J connectivity index is 1.21. The predicted octanol–water partition coefficient (Wildman–Crippen LogP) is 5.78. The maximum Gasteiger partial charge on any atom is 0.415 e. The van der Waals surface area contributed by atoms with Gasteiger partial charge in [0, 0.05) is 24.7 Å². The Morgan fingerprint density at radius 3 is 2.17 bits per heavy atom. The Morgan fingerprint density at radius 2 is 1.50 bits per heavy atom. The Labute approximate surface area is 184 Å². The molecule has 4 rings (SSSR count). The molecule has 2 aliphatic heterocycles. The number of halogens is 1. The third-order valence-electron chi connectivity index (χ3n) is 6.29. The molecule has 1 amide bonds. The Bertz CT molecular complexity index is 808. The molecule has 0 unspecified atom stereocenters. The van der Waals surface area contributed by atoms with Crippen LogP contribution in [0.15, 0.2) is 48.5 Å². The van der Waals surface area contributed by atoms with Crippen LogP contribution in [0.4, 0.5) is 4.79 Å². The zero-order valence-electron chi connectivity index (χ0n) is 17.6. The van der Waals surface area contributed by atoms with Gasteiger partial charge in [0.15, 0.2) is 0 Å². The summed E-state index contributed by atoms with van der Waals surface area (Å²) >= 11 is 5.88. The van der Waals surface area contributed by atoms with Crippen LogP contribution in [0.1, 0.15) is 43.2 Å². The molecule has 0 aliphatic carbocycles. The van der Waals surface area contributed by atoms with Gasteiger partial charge in [0.2, 0.25) is 0 Å². The van der Waals surface area contributed by atoms with E-state index in [1.54, 1.807) is 24.3 Å². The van der Waals surface area contributed by atoms with Crippen LogP contribution in [0, 0.1) is 5.92 Å². The van der Waals surface area contributed by atoms with Crippen molar-refractivity contribution in [2.24, 2.45) is 5.92 Å². The van der Waals surface area contributed by atoms with E-state index >= 15 is 0 Å². The first-order valence-electron chi connectivity index (χ1n) is 11.2. The third kappa shape index (κ3) is 5.99. The van der Waals surface area contributed by atoms with E-state index in [2.05, 4.69) is 29.2 Å². The van der Waals surface area contributed by atoms with Gasteiger partial charge in [0.05, 0.1) is 0 Å². The van der Waals surface area contributed by atoms with Gasteiger partial charge in [0.1, 0.15) is 5.75 Å². The van der Waals surface area contributed by atoms with E-state index in [0.29, 0.717) is 16.7 Å². The van der Waals surface area contributed by atoms with Gasteiger partial charge in [-0.25, -0.2) is 4.79 Å². The van der Waals surface area contributed by atoms with Crippen molar-refractivity contribution in [3.63, 3.8) is 0 Å². The van der Waals surface area contributed by atoms with Gasteiger partial charge in [-0.2, -0.15) is 0 Å². The molecule has 2 aromatic carbocycles. The van der Waals surface area contributed by atoms with E-state index in [-0.39, 0.29) is 6.09 Å². The number of carbonyl (C=O) groups is 1. The van der Waals surface area contributed by atoms with Crippen LogP contribution in [0.25, 0.3) is 0 Å². The SMILES string of the molecule is O=C(Oc1ccc(Cl)cc1)N1CCC(Cc2ccc(CN3CCCCC3)cc2)CC1. The molecular weight excluding hydrogens is 396 g/mol. The molecule has 0 atom stereocenters. The van der Waals surface area contributed by atoms with Crippen LogP contribution in [-0.2, 0) is 13.0 Å². The van der Waals surface area contributed by atoms with Gasteiger partial charge in [-0.3, -0.25) is 4.90 Å². The van der Waals surface area contributed by atoms with Gasteiger partial charge in [-0.05, 0) is 86.5 Å². The first-order valence-corrected chi connectivity index (χ1v) is 11.6. The van der Waals surface area contributed by atoms with Crippen LogP contribution in [-0.4, -0.2) is 42.1 Å². The number of hydrogen-bond donors (Lipinski definition) is 0. The molecule has 2 aromatic rings. The number of nitrogens with zero attached hydrogens (tertiary/aromatic N) is 2. The fourth-order valence-electron chi connectivity index (χ4n) is 4.48. The third-order valence-corrected chi connectivity index (χ3v) is 6.55. The Morgan fingerprint density at radius 1 is 0.867 bits per heavy atom. The minimum Gasteiger partial charge on any atom is -0.410 e. The molecular formula is C25H31ClN2O2. The largest absolute Gasteiger partial charge is 0.415 e. The van der Waals surface area contributed by atoms with E-state index in [9.17, 15) is 4.79 Å². The van der Waals surface area contributed by atoms with E-state index in [1.807, 2.05) is 4.90 Å².